The summed E-state index contributed by atoms with van der Waals surface area (Å²) < 4.78 is 78.7. The van der Waals surface area contributed by atoms with Crippen LogP contribution in [0.5, 0.6) is 0 Å². The molecule has 0 saturated carbocycles. The molecule has 6 heterocycles. The summed E-state index contributed by atoms with van der Waals surface area (Å²) in [5, 5.41) is 65.5. The average molecular weight is 1170 g/mol. The van der Waals surface area contributed by atoms with Crippen LogP contribution in [0.3, 0.4) is 0 Å². The van der Waals surface area contributed by atoms with Crippen LogP contribution in [0.1, 0.15) is 124 Å². The van der Waals surface area contributed by atoms with Gasteiger partial charge in [-0.3, -0.25) is 4.79 Å². The number of esters is 1. The van der Waals surface area contributed by atoms with Crippen molar-refractivity contribution < 1.29 is 86.7 Å². The molecule has 7 rings (SSSR count). The average Bonchev–Trinajstić information content (AvgIpc) is 4.29. The molecule has 4 fully saturated rings. The molecule has 5 aliphatic rings. The topological polar surface area (TPSA) is 267 Å². The molecule has 0 radical (unpaired) electrons. The van der Waals surface area contributed by atoms with Crippen molar-refractivity contribution in [2.45, 2.75) is 204 Å². The summed E-state index contributed by atoms with van der Waals surface area (Å²) in [5.41, 5.74) is -0.937. The highest BCUT2D eigenvalue weighted by molar-refractivity contribution is 6.03. The Hall–Kier alpha value is -3.86. The highest BCUT2D eigenvalue weighted by atomic mass is 19.1. The first kappa shape index (κ1) is 65.7. The van der Waals surface area contributed by atoms with E-state index in [4.69, 9.17) is 57.0 Å². The predicted octanol–water partition coefficient (Wildman–Crippen LogP) is 4.70. The summed E-state index contributed by atoms with van der Waals surface area (Å²) in [6, 6.07) is 6.33. The first-order valence-electron chi connectivity index (χ1n) is 28.9. The van der Waals surface area contributed by atoms with Gasteiger partial charge < -0.3 is 82.4 Å². The van der Waals surface area contributed by atoms with Crippen LogP contribution in [0.25, 0.3) is 0 Å². The van der Waals surface area contributed by atoms with Crippen LogP contribution in [-0.2, 0) is 68.3 Å². The van der Waals surface area contributed by atoms with Gasteiger partial charge in [0, 0.05) is 77.8 Å². The van der Waals surface area contributed by atoms with Crippen molar-refractivity contribution >= 4 is 17.4 Å². The van der Waals surface area contributed by atoms with Gasteiger partial charge >= 0.3 is 5.97 Å². The van der Waals surface area contributed by atoms with Crippen molar-refractivity contribution in [3.63, 3.8) is 0 Å². The number of hydrogen-bond donors (Lipinski definition) is 4. The Morgan fingerprint density at radius 2 is 1.63 bits per heavy atom. The fourth-order valence-electron chi connectivity index (χ4n) is 12.9. The normalized spacial score (nSPS) is 40.0. The van der Waals surface area contributed by atoms with Gasteiger partial charge in [0.15, 0.2) is 18.7 Å². The second kappa shape index (κ2) is 28.1. The van der Waals surface area contributed by atoms with E-state index < -0.39 is 133 Å². The molecule has 4 N–H and O–H groups in total. The Morgan fingerprint density at radius 3 is 2.28 bits per heavy atom. The zero-order valence-corrected chi connectivity index (χ0v) is 50.6. The quantitative estimate of drug-likeness (QED) is 0.0606. The Balaban J connectivity index is 1.16. The first-order valence-corrected chi connectivity index (χ1v) is 28.9. The van der Waals surface area contributed by atoms with Gasteiger partial charge in [0.25, 0.3) is 0 Å². The number of hydrogen-bond acceptors (Lipinski definition) is 22. The number of carbonyl (C=O) groups excluding carboxylic acids is 1. The molecule has 0 amide bonds. The molecule has 3 unspecified atom stereocenters. The number of alkyl halides is 1. The van der Waals surface area contributed by atoms with Gasteiger partial charge in [-0.15, -0.1) is 5.10 Å². The number of rotatable bonds is 20. The van der Waals surface area contributed by atoms with E-state index >= 15 is 4.39 Å². The van der Waals surface area contributed by atoms with Crippen LogP contribution in [0.4, 0.5) is 4.39 Å². The summed E-state index contributed by atoms with van der Waals surface area (Å²) in [5.74, 6) is -3.95. The van der Waals surface area contributed by atoms with Gasteiger partial charge in [0.05, 0.1) is 83.9 Å². The van der Waals surface area contributed by atoms with Gasteiger partial charge in [0.2, 0.25) is 6.79 Å². The zero-order valence-electron chi connectivity index (χ0n) is 50.6. The van der Waals surface area contributed by atoms with E-state index in [1.165, 1.54) is 40.0 Å². The molecule has 23 nitrogen and oxygen atoms in total. The molecular formula is C58H93FN6O17. The second-order valence-corrected chi connectivity index (χ2v) is 24.0. The fourth-order valence-corrected chi connectivity index (χ4v) is 12.9. The van der Waals surface area contributed by atoms with Gasteiger partial charge in [-0.2, -0.15) is 0 Å². The molecular weight excluding hydrogens is 1070 g/mol. The van der Waals surface area contributed by atoms with Gasteiger partial charge in [0.1, 0.15) is 42.7 Å². The second-order valence-electron chi connectivity index (χ2n) is 24.0. The molecule has 0 aliphatic carbocycles. The summed E-state index contributed by atoms with van der Waals surface area (Å²) >= 11 is 0. The van der Waals surface area contributed by atoms with E-state index in [1.54, 1.807) is 40.8 Å². The first-order chi connectivity index (χ1) is 38.9. The number of benzene rings is 1. The van der Waals surface area contributed by atoms with Crippen molar-refractivity contribution in [2.75, 3.05) is 68.7 Å². The monoisotopic (exact) mass is 1160 g/mol. The minimum atomic E-state index is -1.97. The van der Waals surface area contributed by atoms with Gasteiger partial charge in [-0.1, -0.05) is 67.5 Å². The standard InChI is InChI=1S/C58H93FN6O17/c1-16-44-58(10,70)51(67)33(4)46(61-76-30-71-12)31(2)24-57(9,74-15)53(34(5)49(35(6)54(69)79-44)80-45-25-56(8,73-14)52(68)36(7)78-45)81-55-48(66)41(23-32(3)77-55)64(11)22-21-39-27-65(63-60-39)42(26-59)50(72-13)38-19-17-37(18-20-38)47-40-28-75-29-43(40)82-62-47/h17-20,27,31-36,40-45,48-53,55,66-68,70H,16,21-26,28-30H2,1-15H3/b61-46+/t31-,32-,33+,34+,35-,36+,40?,41+,42-,43?,44-,45?,48-,49+,50-,51-,52+,53-,55+,56-,57-,58-/m1/s1. The van der Waals surface area contributed by atoms with Crippen molar-refractivity contribution in [3.05, 3.63) is 47.3 Å². The third-order valence-electron chi connectivity index (χ3n) is 18.1. The number of likely N-dealkylation sites (N-methyl/N-ethyl adjacent to an activating group) is 1. The smallest absolute Gasteiger partial charge is 0.311 e. The lowest BCUT2D eigenvalue weighted by molar-refractivity contribution is -0.319. The van der Waals surface area contributed by atoms with E-state index in [0.717, 1.165) is 16.8 Å². The SMILES string of the molecule is CC[C@H]1OC(=O)[C@H](C)[C@@H](OC2C[C@@](C)(OC)[C@@H](O)[C@H](C)O2)[C@H](C)[C@@H](O[C@@H]2O[C@H](C)C[C@H](N(C)CCc3cn([C@H](CF)[C@H](OC)c4ccc(C5=NOC6COCC56)cc4)nn3)[C@H]2O)[C@](C)(OC)C[C@@H](C)/C(=N\OCOC)[C@H](C)[C@@H](O)[C@]1(C)O. The number of methoxy groups -OCH3 is 4. The number of nitrogens with zero attached hydrogens (tertiary/aromatic N) is 6. The highest BCUT2D eigenvalue weighted by Crippen LogP contribution is 2.43. The van der Waals surface area contributed by atoms with Gasteiger partial charge in [-0.05, 0) is 79.0 Å². The van der Waals surface area contributed by atoms with Gasteiger partial charge in [-0.25, -0.2) is 9.07 Å². The maximum Gasteiger partial charge on any atom is 0.311 e. The van der Waals surface area contributed by atoms with Crippen molar-refractivity contribution in [2.24, 2.45) is 39.9 Å². The Bertz CT molecular complexity index is 2420. The lowest BCUT2D eigenvalue weighted by atomic mass is 9.73. The Morgan fingerprint density at radius 1 is 0.927 bits per heavy atom. The van der Waals surface area contributed by atoms with Crippen LogP contribution in [0.2, 0.25) is 0 Å². The molecule has 82 heavy (non-hydrogen) atoms. The number of aliphatic hydroxyl groups excluding tert-OH is 3. The molecule has 1 aromatic carbocycles. The van der Waals surface area contributed by atoms with E-state index in [2.05, 4.69) is 20.6 Å². The number of aromatic nitrogens is 3. The molecule has 464 valence electrons. The molecule has 0 spiro atoms. The summed E-state index contributed by atoms with van der Waals surface area (Å²) in [7, 11) is 7.92. The Labute approximate surface area is 482 Å². The van der Waals surface area contributed by atoms with Crippen LogP contribution >= 0.6 is 0 Å². The van der Waals surface area contributed by atoms with E-state index in [-0.39, 0.29) is 38.1 Å². The summed E-state index contributed by atoms with van der Waals surface area (Å²) in [6.07, 6.45) is -8.35. The molecule has 24 heteroatoms. The Kier molecular flexibility index (Phi) is 22.5. The lowest BCUT2D eigenvalue weighted by Gasteiger charge is -2.50. The number of ether oxygens (including phenoxy) is 10. The third kappa shape index (κ3) is 14.2. The molecule has 22 atom stereocenters. The molecule has 1 aromatic heterocycles. The van der Waals surface area contributed by atoms with Crippen molar-refractivity contribution in [1.29, 1.82) is 0 Å². The van der Waals surface area contributed by atoms with Crippen LogP contribution in [-0.4, -0.2) is 217 Å². The number of carbonyl (C=O) groups is 1. The minimum absolute atomic E-state index is 0.0660. The number of aliphatic hydroxyl groups is 4. The number of cyclic esters (lactones) is 1. The summed E-state index contributed by atoms with van der Waals surface area (Å²) in [4.78, 5) is 27.9. The number of halogens is 1. The third-order valence-corrected chi connectivity index (χ3v) is 18.1. The predicted molar refractivity (Wildman–Crippen MR) is 296 cm³/mol. The molecule has 0 bridgehead atoms. The maximum atomic E-state index is 15.1. The highest BCUT2D eigenvalue weighted by Gasteiger charge is 2.54. The van der Waals surface area contributed by atoms with E-state index in [1.807, 2.05) is 63.9 Å². The lowest BCUT2D eigenvalue weighted by Crippen LogP contribution is -2.61. The molecule has 5 aliphatic heterocycles. The molecule has 4 saturated heterocycles. The number of oxime groups is 2. The fraction of sp³-hybridized carbons (Fsp3) is 0.810. The van der Waals surface area contributed by atoms with Crippen LogP contribution in [0, 0.1) is 29.6 Å². The van der Waals surface area contributed by atoms with Crippen molar-refractivity contribution in [1.82, 2.24) is 19.9 Å². The largest absolute Gasteiger partial charge is 0.459 e. The van der Waals surface area contributed by atoms with Crippen molar-refractivity contribution in [3.8, 4) is 0 Å². The van der Waals surface area contributed by atoms with E-state index in [0.29, 0.717) is 44.0 Å². The summed E-state index contributed by atoms with van der Waals surface area (Å²) in [6.45, 7) is 18.0. The maximum absolute atomic E-state index is 15.1. The zero-order chi connectivity index (χ0) is 60.0. The number of fused-ring (bicyclic) bond motifs is 1. The van der Waals surface area contributed by atoms with Crippen LogP contribution in [0.15, 0.2) is 40.8 Å². The van der Waals surface area contributed by atoms with Crippen LogP contribution < -0.4 is 0 Å². The van der Waals surface area contributed by atoms with E-state index in [9.17, 15) is 25.2 Å². The molecule has 2 aromatic rings. The minimum Gasteiger partial charge on any atom is -0.459 e.